The van der Waals surface area contributed by atoms with Crippen molar-refractivity contribution in [1.29, 1.82) is 0 Å². The molecular weight excluding hydrogens is 208 g/mol. The molecule has 2 rings (SSSR count). The summed E-state index contributed by atoms with van der Waals surface area (Å²) in [7, 11) is 0. The van der Waals surface area contributed by atoms with Crippen molar-refractivity contribution in [1.82, 2.24) is 4.90 Å². The first kappa shape index (κ1) is 12.0. The van der Waals surface area contributed by atoms with E-state index in [1.807, 2.05) is 4.90 Å². The summed E-state index contributed by atoms with van der Waals surface area (Å²) < 4.78 is 27.1. The molecule has 0 spiro atoms. The average Bonchev–Trinajstić information content (AvgIpc) is 2.29. The van der Waals surface area contributed by atoms with Gasteiger partial charge in [-0.1, -0.05) is 32.9 Å². The molecule has 0 aromatic carbocycles. The summed E-state index contributed by atoms with van der Waals surface area (Å²) in [6.45, 7) is 10.9. The van der Waals surface area contributed by atoms with E-state index in [2.05, 4.69) is 27.4 Å². The first-order valence-electron chi connectivity index (χ1n) is 5.92. The minimum Gasteiger partial charge on any atom is -0.287 e. The van der Waals surface area contributed by atoms with Crippen LogP contribution in [-0.2, 0) is 0 Å². The van der Waals surface area contributed by atoms with Gasteiger partial charge in [-0.15, -0.1) is 0 Å². The van der Waals surface area contributed by atoms with Crippen LogP contribution in [0.5, 0.6) is 0 Å². The molecule has 2 aliphatic rings. The molecule has 1 atom stereocenters. The van der Waals surface area contributed by atoms with Gasteiger partial charge in [-0.05, 0) is 18.3 Å². The van der Waals surface area contributed by atoms with Gasteiger partial charge in [-0.2, -0.15) is 0 Å². The summed E-state index contributed by atoms with van der Waals surface area (Å²) in [5.41, 5.74) is 0.877. The minimum absolute atomic E-state index is 0.0102. The fourth-order valence-corrected chi connectivity index (χ4v) is 3.51. The van der Waals surface area contributed by atoms with Gasteiger partial charge >= 0.3 is 0 Å². The summed E-state index contributed by atoms with van der Waals surface area (Å²) in [5, 5.41) is 0. The molecule has 2 aliphatic heterocycles. The molecule has 2 fully saturated rings. The average molecular weight is 229 g/mol. The van der Waals surface area contributed by atoms with E-state index in [0.717, 1.165) is 18.4 Å². The predicted molar refractivity (Wildman–Crippen MR) is 61.7 cm³/mol. The maximum absolute atomic E-state index is 13.5. The zero-order valence-electron chi connectivity index (χ0n) is 10.4. The van der Waals surface area contributed by atoms with Crippen LogP contribution in [-0.4, -0.2) is 29.5 Å². The lowest BCUT2D eigenvalue weighted by Gasteiger charge is -2.36. The zero-order chi connectivity index (χ0) is 12.2. The van der Waals surface area contributed by atoms with Crippen molar-refractivity contribution in [2.45, 2.75) is 51.5 Å². The van der Waals surface area contributed by atoms with Gasteiger partial charge < -0.3 is 0 Å². The molecular formula is C13H21F2N. The molecule has 1 unspecified atom stereocenters. The van der Waals surface area contributed by atoms with Gasteiger partial charge in [0.2, 0.25) is 0 Å². The molecule has 2 saturated heterocycles. The Hall–Kier alpha value is -0.440. The molecule has 3 heteroatoms. The van der Waals surface area contributed by atoms with Crippen LogP contribution < -0.4 is 0 Å². The van der Waals surface area contributed by atoms with Gasteiger partial charge in [-0.25, -0.2) is 8.78 Å². The maximum Gasteiger partial charge on any atom is 0.262 e. The molecule has 0 radical (unpaired) electrons. The van der Waals surface area contributed by atoms with Crippen LogP contribution in [0.1, 0.15) is 40.0 Å². The molecule has 0 aliphatic carbocycles. The molecule has 16 heavy (non-hydrogen) atoms. The van der Waals surface area contributed by atoms with Gasteiger partial charge in [0.25, 0.3) is 5.92 Å². The first-order valence-corrected chi connectivity index (χ1v) is 5.92. The summed E-state index contributed by atoms with van der Waals surface area (Å²) >= 11 is 0. The smallest absolute Gasteiger partial charge is 0.262 e. The van der Waals surface area contributed by atoms with Crippen molar-refractivity contribution in [2.24, 2.45) is 5.41 Å². The lowest BCUT2D eigenvalue weighted by Crippen LogP contribution is -2.41. The lowest BCUT2D eigenvalue weighted by molar-refractivity contribution is 0.00980. The van der Waals surface area contributed by atoms with Crippen LogP contribution in [0.2, 0.25) is 0 Å². The number of hydrogen-bond donors (Lipinski definition) is 0. The van der Waals surface area contributed by atoms with Crippen molar-refractivity contribution >= 4 is 0 Å². The highest BCUT2D eigenvalue weighted by molar-refractivity contribution is 5.20. The Kier molecular flexibility index (Phi) is 2.47. The van der Waals surface area contributed by atoms with E-state index in [1.54, 1.807) is 0 Å². The van der Waals surface area contributed by atoms with Crippen molar-refractivity contribution in [3.8, 4) is 0 Å². The SMILES string of the molecule is C=C1CN2CC(F)(F)CC2(CC(C)(C)C)C1. The summed E-state index contributed by atoms with van der Waals surface area (Å²) in [6.07, 6.45) is 1.59. The Labute approximate surface area is 96.5 Å². The third kappa shape index (κ3) is 2.15. The van der Waals surface area contributed by atoms with Crippen molar-refractivity contribution in [3.63, 3.8) is 0 Å². The minimum atomic E-state index is -2.51. The van der Waals surface area contributed by atoms with Crippen LogP contribution in [0.4, 0.5) is 8.78 Å². The fraction of sp³-hybridized carbons (Fsp3) is 0.846. The molecule has 92 valence electrons. The van der Waals surface area contributed by atoms with Crippen LogP contribution in [0, 0.1) is 5.41 Å². The molecule has 0 aromatic rings. The van der Waals surface area contributed by atoms with E-state index in [1.165, 1.54) is 0 Å². The summed E-state index contributed by atoms with van der Waals surface area (Å²) in [4.78, 5) is 1.96. The highest BCUT2D eigenvalue weighted by atomic mass is 19.3. The first-order chi connectivity index (χ1) is 7.12. The van der Waals surface area contributed by atoms with Crippen LogP contribution in [0.25, 0.3) is 0 Å². The van der Waals surface area contributed by atoms with E-state index < -0.39 is 5.92 Å². The second kappa shape index (κ2) is 3.28. The van der Waals surface area contributed by atoms with Crippen LogP contribution in [0.3, 0.4) is 0 Å². The molecule has 0 bridgehead atoms. The third-order valence-electron chi connectivity index (χ3n) is 3.53. The van der Waals surface area contributed by atoms with Crippen LogP contribution >= 0.6 is 0 Å². The van der Waals surface area contributed by atoms with E-state index in [0.29, 0.717) is 6.54 Å². The van der Waals surface area contributed by atoms with Crippen molar-refractivity contribution < 1.29 is 8.78 Å². The Morgan fingerprint density at radius 1 is 1.38 bits per heavy atom. The predicted octanol–water partition coefficient (Wildman–Crippen LogP) is 3.46. The van der Waals surface area contributed by atoms with Crippen LogP contribution in [0.15, 0.2) is 12.2 Å². The number of hydrogen-bond acceptors (Lipinski definition) is 1. The number of halogens is 2. The number of rotatable bonds is 1. The van der Waals surface area contributed by atoms with Gasteiger partial charge in [0.1, 0.15) is 0 Å². The molecule has 2 heterocycles. The molecule has 0 saturated carbocycles. The highest BCUT2D eigenvalue weighted by Crippen LogP contribution is 2.51. The van der Waals surface area contributed by atoms with Crippen molar-refractivity contribution in [3.05, 3.63) is 12.2 Å². The van der Waals surface area contributed by atoms with E-state index >= 15 is 0 Å². The Morgan fingerprint density at radius 3 is 2.56 bits per heavy atom. The number of alkyl halides is 2. The Morgan fingerprint density at radius 2 is 2.00 bits per heavy atom. The largest absolute Gasteiger partial charge is 0.287 e. The number of nitrogens with zero attached hydrogens (tertiary/aromatic N) is 1. The van der Waals surface area contributed by atoms with E-state index in [-0.39, 0.29) is 23.9 Å². The van der Waals surface area contributed by atoms with Gasteiger partial charge in [-0.3, -0.25) is 4.90 Å². The van der Waals surface area contributed by atoms with E-state index in [4.69, 9.17) is 0 Å². The molecule has 0 amide bonds. The van der Waals surface area contributed by atoms with E-state index in [9.17, 15) is 8.78 Å². The summed E-state index contributed by atoms with van der Waals surface area (Å²) in [6, 6.07) is 0. The maximum atomic E-state index is 13.5. The topological polar surface area (TPSA) is 3.24 Å². The third-order valence-corrected chi connectivity index (χ3v) is 3.53. The van der Waals surface area contributed by atoms with Gasteiger partial charge in [0.15, 0.2) is 0 Å². The molecule has 0 N–H and O–H groups in total. The van der Waals surface area contributed by atoms with Crippen molar-refractivity contribution in [2.75, 3.05) is 13.1 Å². The molecule has 0 aromatic heterocycles. The quantitative estimate of drug-likeness (QED) is 0.622. The fourth-order valence-electron chi connectivity index (χ4n) is 3.51. The summed E-state index contributed by atoms with van der Waals surface area (Å²) in [5.74, 6) is -2.51. The standard InChI is InChI=1S/C13H21F2N/c1-10-5-12(7-11(2,3)4)8-13(14,15)9-16(12)6-10/h1,5-9H2,2-4H3. The number of fused-ring (bicyclic) bond motifs is 1. The molecule has 1 nitrogen and oxygen atoms in total. The Balaban J connectivity index is 2.24. The monoisotopic (exact) mass is 229 g/mol. The Bertz CT molecular complexity index is 316. The van der Waals surface area contributed by atoms with Gasteiger partial charge in [0, 0.05) is 18.5 Å². The highest BCUT2D eigenvalue weighted by Gasteiger charge is 2.58. The second-order valence-corrected chi connectivity index (χ2v) is 6.78. The zero-order valence-corrected chi connectivity index (χ0v) is 10.4. The second-order valence-electron chi connectivity index (χ2n) is 6.78. The lowest BCUT2D eigenvalue weighted by atomic mass is 9.77. The van der Waals surface area contributed by atoms with Gasteiger partial charge in [0.05, 0.1) is 6.54 Å². The normalized spacial score (nSPS) is 34.4.